The summed E-state index contributed by atoms with van der Waals surface area (Å²) in [5, 5.41) is 0. The maximum Gasteiger partial charge on any atom is 0.120 e. The van der Waals surface area contributed by atoms with Crippen molar-refractivity contribution >= 4 is 6.29 Å². The first kappa shape index (κ1) is 11.0. The summed E-state index contributed by atoms with van der Waals surface area (Å²) in [6.45, 7) is 2.19. The molecule has 0 heterocycles. The zero-order valence-corrected chi connectivity index (χ0v) is 8.83. The standard InChI is InChI=1S/C13H18O/c1-2-5-12-7-9-13(10-8-12)6-3-4-11-14/h7-11H,2-6H2,1H3. The van der Waals surface area contributed by atoms with Crippen molar-refractivity contribution in [3.8, 4) is 0 Å². The van der Waals surface area contributed by atoms with Crippen LogP contribution < -0.4 is 0 Å². The summed E-state index contributed by atoms with van der Waals surface area (Å²) in [7, 11) is 0. The first-order chi connectivity index (χ1) is 6.86. The Morgan fingerprint density at radius 2 is 1.64 bits per heavy atom. The van der Waals surface area contributed by atoms with Gasteiger partial charge in [0.15, 0.2) is 0 Å². The maximum absolute atomic E-state index is 10.1. The summed E-state index contributed by atoms with van der Waals surface area (Å²) in [6.07, 6.45) is 6.02. The molecule has 0 amide bonds. The largest absolute Gasteiger partial charge is 0.303 e. The predicted molar refractivity (Wildman–Crippen MR) is 59.4 cm³/mol. The van der Waals surface area contributed by atoms with E-state index in [4.69, 9.17) is 0 Å². The second kappa shape index (κ2) is 6.36. The van der Waals surface area contributed by atoms with Crippen molar-refractivity contribution in [2.24, 2.45) is 0 Å². The van der Waals surface area contributed by atoms with Crippen LogP contribution in [-0.2, 0) is 17.6 Å². The SMILES string of the molecule is CCCc1ccc(CCCC=O)cc1. The van der Waals surface area contributed by atoms with Gasteiger partial charge in [-0.3, -0.25) is 0 Å². The topological polar surface area (TPSA) is 17.1 Å². The number of rotatable bonds is 6. The highest BCUT2D eigenvalue weighted by atomic mass is 16.1. The Balaban J connectivity index is 2.42. The maximum atomic E-state index is 10.1. The van der Waals surface area contributed by atoms with Crippen molar-refractivity contribution in [2.45, 2.75) is 39.0 Å². The van der Waals surface area contributed by atoms with Crippen LogP contribution in [0.5, 0.6) is 0 Å². The minimum absolute atomic E-state index is 0.677. The molecule has 1 rings (SSSR count). The first-order valence-electron chi connectivity index (χ1n) is 5.38. The van der Waals surface area contributed by atoms with Gasteiger partial charge in [-0.2, -0.15) is 0 Å². The lowest BCUT2D eigenvalue weighted by atomic mass is 10.0. The number of carbonyl (C=O) groups excluding carboxylic acids is 1. The molecule has 0 radical (unpaired) electrons. The quantitative estimate of drug-likeness (QED) is 0.497. The van der Waals surface area contributed by atoms with Gasteiger partial charge in [0.05, 0.1) is 0 Å². The highest BCUT2D eigenvalue weighted by Crippen LogP contribution is 2.08. The number of unbranched alkanes of at least 4 members (excludes halogenated alkanes) is 1. The molecule has 0 atom stereocenters. The molecular weight excluding hydrogens is 172 g/mol. The lowest BCUT2D eigenvalue weighted by Gasteiger charge is -2.01. The third-order valence-corrected chi connectivity index (χ3v) is 2.35. The Kier molecular flexibility index (Phi) is 4.98. The normalized spacial score (nSPS) is 10.1. The van der Waals surface area contributed by atoms with Crippen LogP contribution in [0, 0.1) is 0 Å². The van der Waals surface area contributed by atoms with Gasteiger partial charge in [0.2, 0.25) is 0 Å². The van der Waals surface area contributed by atoms with Crippen LogP contribution >= 0.6 is 0 Å². The third-order valence-electron chi connectivity index (χ3n) is 2.35. The number of aldehydes is 1. The lowest BCUT2D eigenvalue weighted by molar-refractivity contribution is -0.107. The average Bonchev–Trinajstić information content (AvgIpc) is 2.21. The van der Waals surface area contributed by atoms with E-state index in [1.165, 1.54) is 17.5 Å². The first-order valence-corrected chi connectivity index (χ1v) is 5.38. The van der Waals surface area contributed by atoms with Gasteiger partial charge in [-0.25, -0.2) is 0 Å². The van der Waals surface area contributed by atoms with Crippen molar-refractivity contribution in [3.63, 3.8) is 0 Å². The zero-order chi connectivity index (χ0) is 10.2. The molecule has 1 heteroatoms. The third kappa shape index (κ3) is 3.73. The van der Waals surface area contributed by atoms with Crippen LogP contribution in [0.1, 0.15) is 37.3 Å². The van der Waals surface area contributed by atoms with E-state index < -0.39 is 0 Å². The molecule has 0 fully saturated rings. The fourth-order valence-electron chi connectivity index (χ4n) is 1.55. The Morgan fingerprint density at radius 1 is 1.07 bits per heavy atom. The Hall–Kier alpha value is -1.11. The Morgan fingerprint density at radius 3 is 2.14 bits per heavy atom. The number of hydrogen-bond donors (Lipinski definition) is 0. The highest BCUT2D eigenvalue weighted by Gasteiger charge is 1.94. The van der Waals surface area contributed by atoms with Crippen LogP contribution in [0.4, 0.5) is 0 Å². The minimum Gasteiger partial charge on any atom is -0.303 e. The molecule has 0 saturated carbocycles. The highest BCUT2D eigenvalue weighted by molar-refractivity contribution is 5.49. The van der Waals surface area contributed by atoms with Gasteiger partial charge in [0.1, 0.15) is 6.29 Å². The fraction of sp³-hybridized carbons (Fsp3) is 0.462. The summed E-state index contributed by atoms with van der Waals surface area (Å²) >= 11 is 0. The molecule has 1 aromatic rings. The second-order valence-corrected chi connectivity index (χ2v) is 3.63. The molecule has 0 aliphatic rings. The molecule has 76 valence electrons. The monoisotopic (exact) mass is 190 g/mol. The van der Waals surface area contributed by atoms with Crippen LogP contribution in [-0.4, -0.2) is 6.29 Å². The number of benzene rings is 1. The van der Waals surface area contributed by atoms with Crippen molar-refractivity contribution in [3.05, 3.63) is 35.4 Å². The van der Waals surface area contributed by atoms with Gasteiger partial charge in [-0.05, 0) is 30.4 Å². The van der Waals surface area contributed by atoms with E-state index >= 15 is 0 Å². The molecule has 0 bridgehead atoms. The van der Waals surface area contributed by atoms with Gasteiger partial charge >= 0.3 is 0 Å². The van der Waals surface area contributed by atoms with Crippen LogP contribution in [0.15, 0.2) is 24.3 Å². The summed E-state index contributed by atoms with van der Waals surface area (Å²) < 4.78 is 0. The van der Waals surface area contributed by atoms with E-state index in [-0.39, 0.29) is 0 Å². The lowest BCUT2D eigenvalue weighted by Crippen LogP contribution is -1.88. The van der Waals surface area contributed by atoms with Gasteiger partial charge in [0.25, 0.3) is 0 Å². The molecule has 1 aromatic carbocycles. The van der Waals surface area contributed by atoms with Crippen molar-refractivity contribution in [2.75, 3.05) is 0 Å². The van der Waals surface area contributed by atoms with Gasteiger partial charge in [-0.15, -0.1) is 0 Å². The van der Waals surface area contributed by atoms with E-state index in [0.29, 0.717) is 6.42 Å². The predicted octanol–water partition coefficient (Wildman–Crippen LogP) is 3.16. The molecule has 0 N–H and O–H groups in total. The van der Waals surface area contributed by atoms with Crippen molar-refractivity contribution < 1.29 is 4.79 Å². The summed E-state index contributed by atoms with van der Waals surface area (Å²) in [4.78, 5) is 10.1. The molecule has 0 aliphatic heterocycles. The van der Waals surface area contributed by atoms with Gasteiger partial charge in [0, 0.05) is 6.42 Å². The van der Waals surface area contributed by atoms with Gasteiger partial charge < -0.3 is 4.79 Å². The number of carbonyl (C=O) groups is 1. The van der Waals surface area contributed by atoms with E-state index in [1.807, 2.05) is 0 Å². The smallest absolute Gasteiger partial charge is 0.120 e. The van der Waals surface area contributed by atoms with Crippen molar-refractivity contribution in [1.82, 2.24) is 0 Å². The van der Waals surface area contributed by atoms with E-state index in [2.05, 4.69) is 31.2 Å². The molecule has 0 spiro atoms. The van der Waals surface area contributed by atoms with E-state index in [1.54, 1.807) is 0 Å². The van der Waals surface area contributed by atoms with Gasteiger partial charge in [-0.1, -0.05) is 37.6 Å². The number of aryl methyl sites for hydroxylation is 2. The van der Waals surface area contributed by atoms with E-state index in [0.717, 1.165) is 25.5 Å². The van der Waals surface area contributed by atoms with Crippen LogP contribution in [0.3, 0.4) is 0 Å². The molecule has 0 aliphatic carbocycles. The molecule has 1 nitrogen and oxygen atoms in total. The summed E-state index contributed by atoms with van der Waals surface area (Å²) in [5.41, 5.74) is 2.75. The average molecular weight is 190 g/mol. The fourth-order valence-corrected chi connectivity index (χ4v) is 1.55. The van der Waals surface area contributed by atoms with Crippen LogP contribution in [0.2, 0.25) is 0 Å². The second-order valence-electron chi connectivity index (χ2n) is 3.63. The minimum atomic E-state index is 0.677. The molecule has 0 saturated heterocycles. The Bertz CT molecular complexity index is 261. The molecule has 0 aromatic heterocycles. The molecule has 0 unspecified atom stereocenters. The summed E-state index contributed by atoms with van der Waals surface area (Å²) in [5.74, 6) is 0. The van der Waals surface area contributed by atoms with Crippen molar-refractivity contribution in [1.29, 1.82) is 0 Å². The number of hydrogen-bond acceptors (Lipinski definition) is 1. The molecule has 14 heavy (non-hydrogen) atoms. The Labute approximate surface area is 86.1 Å². The van der Waals surface area contributed by atoms with Crippen LogP contribution in [0.25, 0.3) is 0 Å². The molecular formula is C13H18O. The summed E-state index contributed by atoms with van der Waals surface area (Å²) in [6, 6.07) is 8.74. The van der Waals surface area contributed by atoms with E-state index in [9.17, 15) is 4.79 Å². The zero-order valence-electron chi connectivity index (χ0n) is 8.83.